The van der Waals surface area contributed by atoms with Gasteiger partial charge in [-0.05, 0) is 31.4 Å². The van der Waals surface area contributed by atoms with Crippen LogP contribution in [-0.2, 0) is 16.6 Å². The number of amides is 1. The Labute approximate surface area is 115 Å². The van der Waals surface area contributed by atoms with Crippen LogP contribution in [0.15, 0.2) is 24.5 Å². The molecule has 2 heterocycles. The molecule has 2 aromatic heterocycles. The summed E-state index contributed by atoms with van der Waals surface area (Å²) in [6.07, 6.45) is 6.19. The van der Waals surface area contributed by atoms with Crippen LogP contribution in [0.4, 0.5) is 0 Å². The fourth-order valence-electron chi connectivity index (χ4n) is 2.17. The van der Waals surface area contributed by atoms with E-state index in [0.717, 1.165) is 40.4 Å². The summed E-state index contributed by atoms with van der Waals surface area (Å²) in [6, 6.07) is 4.00. The summed E-state index contributed by atoms with van der Waals surface area (Å²) in [5, 5.41) is 0.930. The molecule has 98 valence electrons. The van der Waals surface area contributed by atoms with Gasteiger partial charge in [0.05, 0.1) is 5.41 Å². The summed E-state index contributed by atoms with van der Waals surface area (Å²) in [5.74, 6) is -0.230. The second-order valence-corrected chi connectivity index (χ2v) is 5.90. The zero-order chi connectivity index (χ0) is 13.5. The molecule has 1 saturated carbocycles. The molecule has 0 aliphatic heterocycles. The van der Waals surface area contributed by atoms with E-state index in [-0.39, 0.29) is 5.91 Å². The zero-order valence-corrected chi connectivity index (χ0v) is 11.5. The highest BCUT2D eigenvalue weighted by Gasteiger charge is 2.51. The molecule has 5 heteroatoms. The van der Waals surface area contributed by atoms with E-state index in [1.54, 1.807) is 23.7 Å². The molecule has 0 saturated heterocycles. The second kappa shape index (κ2) is 4.42. The predicted molar refractivity (Wildman–Crippen MR) is 74.8 cm³/mol. The minimum Gasteiger partial charge on any atom is -0.369 e. The lowest BCUT2D eigenvalue weighted by atomic mass is 10.1. The van der Waals surface area contributed by atoms with Gasteiger partial charge in [0, 0.05) is 28.5 Å². The van der Waals surface area contributed by atoms with Crippen LogP contribution >= 0.6 is 11.3 Å². The van der Waals surface area contributed by atoms with Gasteiger partial charge in [-0.25, -0.2) is 4.98 Å². The Morgan fingerprint density at radius 1 is 1.47 bits per heavy atom. The van der Waals surface area contributed by atoms with Crippen molar-refractivity contribution in [2.45, 2.75) is 31.6 Å². The Morgan fingerprint density at radius 3 is 2.89 bits per heavy atom. The van der Waals surface area contributed by atoms with Crippen molar-refractivity contribution < 1.29 is 4.79 Å². The fraction of sp³-hybridized carbons (Fsp3) is 0.357. The Morgan fingerprint density at radius 2 is 2.26 bits per heavy atom. The van der Waals surface area contributed by atoms with Crippen LogP contribution < -0.4 is 5.73 Å². The maximum Gasteiger partial charge on any atom is 0.228 e. The number of nitrogens with two attached hydrogens (primary N) is 1. The first-order chi connectivity index (χ1) is 9.15. The van der Waals surface area contributed by atoms with Gasteiger partial charge in [0.1, 0.15) is 5.01 Å². The molecule has 4 nitrogen and oxygen atoms in total. The Kier molecular flexibility index (Phi) is 2.86. The van der Waals surface area contributed by atoms with E-state index in [1.807, 2.05) is 12.1 Å². The smallest absolute Gasteiger partial charge is 0.228 e. The van der Waals surface area contributed by atoms with E-state index in [2.05, 4.69) is 16.9 Å². The maximum absolute atomic E-state index is 11.5. The van der Waals surface area contributed by atoms with Crippen molar-refractivity contribution >= 4 is 17.2 Å². The minimum absolute atomic E-state index is 0.230. The fourth-order valence-corrected chi connectivity index (χ4v) is 3.34. The predicted octanol–water partition coefficient (Wildman–Crippen LogP) is 2.28. The van der Waals surface area contributed by atoms with Crippen molar-refractivity contribution in [1.82, 2.24) is 9.97 Å². The molecule has 1 aliphatic carbocycles. The molecule has 1 amide bonds. The zero-order valence-electron chi connectivity index (χ0n) is 10.7. The molecule has 2 N–H and O–H groups in total. The number of rotatable bonds is 4. The normalized spacial score (nSPS) is 16.3. The van der Waals surface area contributed by atoms with Crippen molar-refractivity contribution in [3.63, 3.8) is 0 Å². The molecule has 0 spiro atoms. The Bertz CT molecular complexity index is 631. The van der Waals surface area contributed by atoms with Crippen molar-refractivity contribution in [1.29, 1.82) is 0 Å². The largest absolute Gasteiger partial charge is 0.369 e. The topological polar surface area (TPSA) is 68.9 Å². The highest BCUT2D eigenvalue weighted by atomic mass is 32.1. The van der Waals surface area contributed by atoms with E-state index in [4.69, 9.17) is 5.73 Å². The third kappa shape index (κ3) is 2.04. The molecule has 0 atom stereocenters. The number of carbonyl (C=O) groups is 1. The molecular formula is C14H15N3OS. The number of hydrogen-bond acceptors (Lipinski definition) is 4. The lowest BCUT2D eigenvalue weighted by molar-refractivity contribution is -0.120. The van der Waals surface area contributed by atoms with E-state index in [0.29, 0.717) is 0 Å². The average Bonchev–Trinajstić information content (AvgIpc) is 3.10. The van der Waals surface area contributed by atoms with Gasteiger partial charge in [-0.3, -0.25) is 9.78 Å². The number of primary amides is 1. The number of nitrogens with zero attached hydrogens (tertiary/aromatic N) is 2. The van der Waals surface area contributed by atoms with Gasteiger partial charge < -0.3 is 5.73 Å². The van der Waals surface area contributed by atoms with Crippen LogP contribution in [-0.4, -0.2) is 15.9 Å². The average molecular weight is 273 g/mol. The van der Waals surface area contributed by atoms with Gasteiger partial charge in [-0.1, -0.05) is 6.92 Å². The first-order valence-electron chi connectivity index (χ1n) is 6.37. The Balaban J connectivity index is 1.95. The van der Waals surface area contributed by atoms with Crippen LogP contribution in [0.5, 0.6) is 0 Å². The number of aromatic nitrogens is 2. The van der Waals surface area contributed by atoms with Crippen LogP contribution in [0, 0.1) is 0 Å². The lowest BCUT2D eigenvalue weighted by Gasteiger charge is -2.05. The van der Waals surface area contributed by atoms with Gasteiger partial charge in [0.15, 0.2) is 0 Å². The van der Waals surface area contributed by atoms with E-state index < -0.39 is 5.41 Å². The monoisotopic (exact) mass is 273 g/mol. The summed E-state index contributed by atoms with van der Waals surface area (Å²) >= 11 is 1.56. The van der Waals surface area contributed by atoms with Crippen molar-refractivity contribution in [2.24, 2.45) is 5.73 Å². The quantitative estimate of drug-likeness (QED) is 0.929. The molecule has 19 heavy (non-hydrogen) atoms. The van der Waals surface area contributed by atoms with Crippen molar-refractivity contribution in [2.75, 3.05) is 0 Å². The minimum atomic E-state index is -0.434. The van der Waals surface area contributed by atoms with Gasteiger partial charge in [0.25, 0.3) is 0 Å². The van der Waals surface area contributed by atoms with Gasteiger partial charge in [0.2, 0.25) is 5.91 Å². The number of thiazole rings is 1. The van der Waals surface area contributed by atoms with Crippen LogP contribution in [0.25, 0.3) is 10.6 Å². The molecule has 1 fully saturated rings. The lowest BCUT2D eigenvalue weighted by Crippen LogP contribution is -2.27. The van der Waals surface area contributed by atoms with E-state index in [1.165, 1.54) is 0 Å². The first kappa shape index (κ1) is 12.3. The van der Waals surface area contributed by atoms with Crippen LogP contribution in [0.2, 0.25) is 0 Å². The maximum atomic E-state index is 11.5. The van der Waals surface area contributed by atoms with Crippen molar-refractivity contribution in [3.05, 3.63) is 35.1 Å². The molecule has 0 unspecified atom stereocenters. The third-order valence-corrected chi connectivity index (χ3v) is 4.88. The first-order valence-corrected chi connectivity index (χ1v) is 7.19. The summed E-state index contributed by atoms with van der Waals surface area (Å²) in [7, 11) is 0. The molecule has 2 aromatic rings. The van der Waals surface area contributed by atoms with E-state index in [9.17, 15) is 4.79 Å². The Hall–Kier alpha value is -1.75. The number of aryl methyl sites for hydroxylation is 1. The summed E-state index contributed by atoms with van der Waals surface area (Å²) < 4.78 is 0. The van der Waals surface area contributed by atoms with Crippen LogP contribution in [0.1, 0.15) is 30.3 Å². The number of hydrogen-bond donors (Lipinski definition) is 1. The highest BCUT2D eigenvalue weighted by Crippen LogP contribution is 2.50. The molecular weight excluding hydrogens is 258 g/mol. The SMILES string of the molecule is CCc1cc(-c2ncc(C3(C(N)=O)CC3)s2)ccn1. The molecule has 1 aliphatic rings. The van der Waals surface area contributed by atoms with Crippen LogP contribution in [0.3, 0.4) is 0 Å². The molecule has 3 rings (SSSR count). The second-order valence-electron chi connectivity index (χ2n) is 4.87. The third-order valence-electron chi connectivity index (χ3n) is 3.62. The van der Waals surface area contributed by atoms with Gasteiger partial charge in [-0.15, -0.1) is 11.3 Å². The van der Waals surface area contributed by atoms with E-state index >= 15 is 0 Å². The van der Waals surface area contributed by atoms with Gasteiger partial charge >= 0.3 is 0 Å². The molecule has 0 aromatic carbocycles. The molecule has 0 radical (unpaired) electrons. The summed E-state index contributed by atoms with van der Waals surface area (Å²) in [5.41, 5.74) is 7.16. The molecule has 0 bridgehead atoms. The standard InChI is InChI=1S/C14H15N3OS/c1-2-10-7-9(3-6-16-10)12-17-8-11(19-12)14(4-5-14)13(15)18/h3,6-8H,2,4-5H2,1H3,(H2,15,18). The van der Waals surface area contributed by atoms with Gasteiger partial charge in [-0.2, -0.15) is 0 Å². The highest BCUT2D eigenvalue weighted by molar-refractivity contribution is 7.15. The summed E-state index contributed by atoms with van der Waals surface area (Å²) in [6.45, 7) is 2.08. The number of pyridine rings is 1. The summed E-state index contributed by atoms with van der Waals surface area (Å²) in [4.78, 5) is 21.2. The number of carbonyl (C=O) groups excluding carboxylic acids is 1. The van der Waals surface area contributed by atoms with Crippen molar-refractivity contribution in [3.8, 4) is 10.6 Å².